The van der Waals surface area contributed by atoms with Gasteiger partial charge in [-0.15, -0.1) is 0 Å². The molecule has 1 aliphatic rings. The van der Waals surface area contributed by atoms with E-state index in [0.717, 1.165) is 40.5 Å². The van der Waals surface area contributed by atoms with Crippen molar-refractivity contribution in [2.75, 3.05) is 6.54 Å². The van der Waals surface area contributed by atoms with Gasteiger partial charge < -0.3 is 5.32 Å². The molecule has 1 aromatic carbocycles. The summed E-state index contributed by atoms with van der Waals surface area (Å²) in [6.45, 7) is 4.27. The lowest BCUT2D eigenvalue weighted by Crippen LogP contribution is -2.29. The molecule has 1 fully saturated rings. The number of hydrogen-bond donors (Lipinski definition) is 1. The van der Waals surface area contributed by atoms with Crippen LogP contribution in [0.1, 0.15) is 38.2 Å². The van der Waals surface area contributed by atoms with E-state index in [9.17, 15) is 0 Å². The predicted molar refractivity (Wildman–Crippen MR) is 79.3 cm³/mol. The van der Waals surface area contributed by atoms with Crippen LogP contribution in [0.4, 0.5) is 0 Å². The second kappa shape index (κ2) is 6.79. The highest BCUT2D eigenvalue weighted by Crippen LogP contribution is 2.29. The van der Waals surface area contributed by atoms with Crippen molar-refractivity contribution in [1.29, 1.82) is 0 Å². The van der Waals surface area contributed by atoms with E-state index >= 15 is 0 Å². The van der Waals surface area contributed by atoms with Crippen LogP contribution in [-0.2, 0) is 6.54 Å². The molecule has 0 saturated heterocycles. The summed E-state index contributed by atoms with van der Waals surface area (Å²) in [6.07, 6.45) is 5.52. The monoisotopic (exact) mass is 285 g/mol. The van der Waals surface area contributed by atoms with Crippen LogP contribution in [0, 0.1) is 11.8 Å². The Morgan fingerprint density at radius 2 is 2.00 bits per heavy atom. The molecular weight excluding hydrogens is 265 g/mol. The second-order valence-electron chi connectivity index (χ2n) is 5.39. The number of halogens is 2. The molecule has 0 bridgehead atoms. The summed E-state index contributed by atoms with van der Waals surface area (Å²) in [5.74, 6) is 1.66. The highest BCUT2D eigenvalue weighted by atomic mass is 35.5. The fourth-order valence-electron chi connectivity index (χ4n) is 2.77. The second-order valence-corrected chi connectivity index (χ2v) is 6.23. The molecule has 0 spiro atoms. The first-order chi connectivity index (χ1) is 8.66. The average Bonchev–Trinajstić information content (AvgIpc) is 2.36. The van der Waals surface area contributed by atoms with E-state index in [-0.39, 0.29) is 0 Å². The minimum absolute atomic E-state index is 0.752. The molecule has 2 rings (SSSR count). The molecule has 1 aromatic rings. The Labute approximate surface area is 120 Å². The Morgan fingerprint density at radius 1 is 1.22 bits per heavy atom. The maximum absolute atomic E-state index is 6.15. The predicted octanol–water partition coefficient (Wildman–Crippen LogP) is 4.91. The standard InChI is InChI=1S/C15H21Cl2N/c1-11-4-2-3-5-12(11)9-18-10-13-8-14(16)6-7-15(13)17/h6-8,11-12,18H,2-5,9-10H2,1H3. The molecule has 2 unspecified atom stereocenters. The zero-order valence-electron chi connectivity index (χ0n) is 10.9. The summed E-state index contributed by atoms with van der Waals surface area (Å²) in [5.41, 5.74) is 1.09. The largest absolute Gasteiger partial charge is 0.312 e. The van der Waals surface area contributed by atoms with Crippen molar-refractivity contribution in [1.82, 2.24) is 5.32 Å². The summed E-state index contributed by atoms with van der Waals surface area (Å²) in [4.78, 5) is 0. The lowest BCUT2D eigenvalue weighted by atomic mass is 9.80. The first kappa shape index (κ1) is 14.2. The minimum atomic E-state index is 0.752. The zero-order valence-corrected chi connectivity index (χ0v) is 12.4. The maximum atomic E-state index is 6.15. The fourth-order valence-corrected chi connectivity index (χ4v) is 3.15. The first-order valence-electron chi connectivity index (χ1n) is 6.81. The Bertz CT molecular complexity index is 392. The van der Waals surface area contributed by atoms with E-state index in [1.807, 2.05) is 18.2 Å². The smallest absolute Gasteiger partial charge is 0.0451 e. The number of nitrogens with one attached hydrogen (secondary N) is 1. The first-order valence-corrected chi connectivity index (χ1v) is 7.57. The van der Waals surface area contributed by atoms with E-state index in [2.05, 4.69) is 12.2 Å². The van der Waals surface area contributed by atoms with Crippen molar-refractivity contribution in [3.63, 3.8) is 0 Å². The molecule has 0 radical (unpaired) electrons. The highest BCUT2D eigenvalue weighted by molar-refractivity contribution is 6.33. The third-order valence-electron chi connectivity index (χ3n) is 4.02. The van der Waals surface area contributed by atoms with Gasteiger partial charge in [0.15, 0.2) is 0 Å². The molecule has 0 aliphatic heterocycles. The fraction of sp³-hybridized carbons (Fsp3) is 0.600. The van der Waals surface area contributed by atoms with Gasteiger partial charge in [0.2, 0.25) is 0 Å². The summed E-state index contributed by atoms with van der Waals surface area (Å²) in [5, 5.41) is 5.07. The Kier molecular flexibility index (Phi) is 5.35. The summed E-state index contributed by atoms with van der Waals surface area (Å²) < 4.78 is 0. The molecule has 2 atom stereocenters. The summed E-state index contributed by atoms with van der Waals surface area (Å²) in [6, 6.07) is 5.64. The molecule has 3 heteroatoms. The van der Waals surface area contributed by atoms with Crippen LogP contribution in [0.15, 0.2) is 18.2 Å². The van der Waals surface area contributed by atoms with Gasteiger partial charge in [0.1, 0.15) is 0 Å². The minimum Gasteiger partial charge on any atom is -0.312 e. The molecule has 0 amide bonds. The molecule has 100 valence electrons. The Balaban J connectivity index is 1.82. The lowest BCUT2D eigenvalue weighted by molar-refractivity contribution is 0.247. The molecule has 1 nitrogen and oxygen atoms in total. The van der Waals surface area contributed by atoms with Crippen LogP contribution >= 0.6 is 23.2 Å². The van der Waals surface area contributed by atoms with Gasteiger partial charge in [0.05, 0.1) is 0 Å². The molecule has 1 aliphatic carbocycles. The number of rotatable bonds is 4. The van der Waals surface area contributed by atoms with Crippen LogP contribution in [0.3, 0.4) is 0 Å². The van der Waals surface area contributed by atoms with E-state index in [0.29, 0.717) is 0 Å². The van der Waals surface area contributed by atoms with Gasteiger partial charge in [-0.3, -0.25) is 0 Å². The van der Waals surface area contributed by atoms with Crippen LogP contribution in [0.5, 0.6) is 0 Å². The van der Waals surface area contributed by atoms with Gasteiger partial charge in [0, 0.05) is 16.6 Å². The van der Waals surface area contributed by atoms with Crippen molar-refractivity contribution >= 4 is 23.2 Å². The third-order valence-corrected chi connectivity index (χ3v) is 4.62. The van der Waals surface area contributed by atoms with Gasteiger partial charge >= 0.3 is 0 Å². The van der Waals surface area contributed by atoms with Crippen LogP contribution < -0.4 is 5.32 Å². The quantitative estimate of drug-likeness (QED) is 0.829. The van der Waals surface area contributed by atoms with E-state index in [1.54, 1.807) is 0 Å². The highest BCUT2D eigenvalue weighted by Gasteiger charge is 2.20. The molecule has 1 N–H and O–H groups in total. The molecule has 1 saturated carbocycles. The summed E-state index contributed by atoms with van der Waals surface area (Å²) >= 11 is 12.1. The Hall–Kier alpha value is -0.240. The SMILES string of the molecule is CC1CCCCC1CNCc1cc(Cl)ccc1Cl. The van der Waals surface area contributed by atoms with Gasteiger partial charge in [-0.2, -0.15) is 0 Å². The average molecular weight is 286 g/mol. The summed E-state index contributed by atoms with van der Waals surface area (Å²) in [7, 11) is 0. The van der Waals surface area contributed by atoms with Crippen LogP contribution in [0.25, 0.3) is 0 Å². The van der Waals surface area contributed by atoms with Crippen molar-refractivity contribution in [3.8, 4) is 0 Å². The van der Waals surface area contributed by atoms with Gasteiger partial charge in [-0.1, -0.05) is 49.4 Å². The molecule has 0 heterocycles. The molecular formula is C15H21Cl2N. The van der Waals surface area contributed by atoms with Gasteiger partial charge in [-0.25, -0.2) is 0 Å². The number of benzene rings is 1. The van der Waals surface area contributed by atoms with Gasteiger partial charge in [0.25, 0.3) is 0 Å². The lowest BCUT2D eigenvalue weighted by Gasteiger charge is -2.29. The van der Waals surface area contributed by atoms with Crippen LogP contribution in [-0.4, -0.2) is 6.54 Å². The van der Waals surface area contributed by atoms with Crippen molar-refractivity contribution in [2.24, 2.45) is 11.8 Å². The normalized spacial score (nSPS) is 24.2. The maximum Gasteiger partial charge on any atom is 0.0451 e. The van der Waals surface area contributed by atoms with Crippen molar-refractivity contribution in [2.45, 2.75) is 39.2 Å². The zero-order chi connectivity index (χ0) is 13.0. The van der Waals surface area contributed by atoms with Crippen molar-refractivity contribution in [3.05, 3.63) is 33.8 Å². The third kappa shape index (κ3) is 3.88. The molecule has 0 aromatic heterocycles. The van der Waals surface area contributed by atoms with E-state index in [1.165, 1.54) is 25.7 Å². The molecule has 18 heavy (non-hydrogen) atoms. The number of hydrogen-bond acceptors (Lipinski definition) is 1. The van der Waals surface area contributed by atoms with Gasteiger partial charge in [-0.05, 0) is 48.6 Å². The van der Waals surface area contributed by atoms with Crippen molar-refractivity contribution < 1.29 is 0 Å². The van der Waals surface area contributed by atoms with E-state index < -0.39 is 0 Å². The van der Waals surface area contributed by atoms with Crippen LogP contribution in [0.2, 0.25) is 10.0 Å². The Morgan fingerprint density at radius 3 is 2.78 bits per heavy atom. The van der Waals surface area contributed by atoms with E-state index in [4.69, 9.17) is 23.2 Å². The topological polar surface area (TPSA) is 12.0 Å².